The second-order valence-electron chi connectivity index (χ2n) is 15.3. The third-order valence-corrected chi connectivity index (χ3v) is 12.4. The van der Waals surface area contributed by atoms with E-state index in [4.69, 9.17) is 9.97 Å². The van der Waals surface area contributed by atoms with E-state index in [1.54, 1.807) is 25.5 Å². The highest BCUT2D eigenvalue weighted by Gasteiger charge is 2.56. The largest absolute Gasteiger partial charge is 0.343 e. The number of amides is 2. The zero-order chi connectivity index (χ0) is 33.6. The number of hydrogen-bond acceptors (Lipinski definition) is 7. The van der Waals surface area contributed by atoms with Gasteiger partial charge in [-0.05, 0) is 88.0 Å². The van der Waals surface area contributed by atoms with Crippen LogP contribution in [0.25, 0.3) is 22.3 Å². The molecule has 4 aromatic rings. The Morgan fingerprint density at radius 1 is 1.04 bits per heavy atom. The lowest BCUT2D eigenvalue weighted by Gasteiger charge is -2.46. The van der Waals surface area contributed by atoms with Crippen molar-refractivity contribution < 1.29 is 14.0 Å². The summed E-state index contributed by atoms with van der Waals surface area (Å²) < 4.78 is 16.8. The summed E-state index contributed by atoms with van der Waals surface area (Å²) in [6, 6.07) is 10.7. The molecule has 3 aliphatic heterocycles. The van der Waals surface area contributed by atoms with E-state index in [-0.39, 0.29) is 29.6 Å². The van der Waals surface area contributed by atoms with E-state index in [1.165, 1.54) is 32.1 Å². The van der Waals surface area contributed by atoms with E-state index < -0.39 is 11.2 Å². The molecule has 2 saturated carbocycles. The van der Waals surface area contributed by atoms with Crippen molar-refractivity contribution in [3.63, 3.8) is 0 Å². The van der Waals surface area contributed by atoms with Gasteiger partial charge in [0.15, 0.2) is 11.6 Å². The smallest absolute Gasteiger partial charge is 0.238 e. The number of aromatic nitrogens is 4. The van der Waals surface area contributed by atoms with Gasteiger partial charge in [0.25, 0.3) is 0 Å². The minimum atomic E-state index is -0.628. The van der Waals surface area contributed by atoms with E-state index in [2.05, 4.69) is 52.1 Å². The summed E-state index contributed by atoms with van der Waals surface area (Å²) in [7, 11) is 0. The molecule has 6 heterocycles. The van der Waals surface area contributed by atoms with Crippen molar-refractivity contribution in [2.24, 2.45) is 11.8 Å². The number of halogens is 1. The summed E-state index contributed by atoms with van der Waals surface area (Å²) in [6.07, 6.45) is 10.5. The summed E-state index contributed by atoms with van der Waals surface area (Å²) in [5, 5.41) is 3.23. The fraction of sp³-hybridized carbons (Fsp3) is 0.500. The number of pyridine rings is 2. The number of piperidine rings is 1. The molecule has 2 saturated heterocycles. The minimum absolute atomic E-state index is 0.0616. The Labute approximate surface area is 285 Å². The first-order chi connectivity index (χ1) is 23.7. The highest BCUT2D eigenvalue weighted by atomic mass is 19.1. The van der Waals surface area contributed by atoms with Gasteiger partial charge in [-0.25, -0.2) is 14.4 Å². The predicted octanol–water partition coefficient (Wildman–Crippen LogP) is 6.06. The van der Waals surface area contributed by atoms with E-state index in [0.29, 0.717) is 43.5 Å². The molecule has 5 aliphatic rings. The number of carbonyl (C=O) groups is 2. The van der Waals surface area contributed by atoms with Gasteiger partial charge in [-0.3, -0.25) is 19.5 Å². The first-order valence-corrected chi connectivity index (χ1v) is 17.9. The van der Waals surface area contributed by atoms with Crippen LogP contribution in [-0.4, -0.2) is 79.4 Å². The Morgan fingerprint density at radius 3 is 2.47 bits per heavy atom. The lowest BCUT2D eigenvalue weighted by Crippen LogP contribution is -2.57. The average Bonchev–Trinajstić information content (AvgIpc) is 3.69. The molecule has 3 aromatic heterocycles. The molecule has 0 radical (unpaired) electrons. The number of rotatable bonds is 6. The highest BCUT2D eigenvalue weighted by molar-refractivity contribution is 6.09. The van der Waals surface area contributed by atoms with Gasteiger partial charge >= 0.3 is 0 Å². The molecule has 4 fully saturated rings. The van der Waals surface area contributed by atoms with E-state index in [1.807, 2.05) is 15.5 Å². The maximum atomic E-state index is 14.8. The Morgan fingerprint density at radius 2 is 1.80 bits per heavy atom. The molecule has 2 amide bonds. The summed E-state index contributed by atoms with van der Waals surface area (Å²) in [6.45, 7) is 9.35. The molecule has 9 rings (SSSR count). The van der Waals surface area contributed by atoms with Crippen molar-refractivity contribution in [1.82, 2.24) is 29.3 Å². The second-order valence-corrected chi connectivity index (χ2v) is 15.3. The van der Waals surface area contributed by atoms with Crippen LogP contribution in [0.15, 0.2) is 49.1 Å². The van der Waals surface area contributed by atoms with Crippen molar-refractivity contribution in [3.05, 3.63) is 60.4 Å². The molecule has 0 unspecified atom stereocenters. The van der Waals surface area contributed by atoms with E-state index in [9.17, 15) is 14.0 Å². The Balaban J connectivity index is 1.10. The number of likely N-dealkylation sites (tertiary alicyclic amines) is 2. The van der Waals surface area contributed by atoms with Crippen LogP contribution in [0.3, 0.4) is 0 Å². The normalized spacial score (nSPS) is 25.9. The second kappa shape index (κ2) is 11.3. The van der Waals surface area contributed by atoms with Crippen LogP contribution >= 0.6 is 0 Å². The maximum absolute atomic E-state index is 14.8. The molecule has 49 heavy (non-hydrogen) atoms. The fourth-order valence-electron chi connectivity index (χ4n) is 9.25. The van der Waals surface area contributed by atoms with Crippen molar-refractivity contribution >= 4 is 40.0 Å². The monoisotopic (exact) mass is 662 g/mol. The molecule has 2 aliphatic carbocycles. The molecular weight excluding hydrogens is 619 g/mol. The summed E-state index contributed by atoms with van der Waals surface area (Å²) in [4.78, 5) is 47.3. The Bertz CT molecular complexity index is 1970. The van der Waals surface area contributed by atoms with Crippen molar-refractivity contribution in [2.45, 2.75) is 82.8 Å². The third-order valence-electron chi connectivity index (χ3n) is 12.4. The molecule has 10 nitrogen and oxygen atoms in total. The SMILES string of the molecule is CC(=O)N1CCC2(CC1)C(=O)N(C1CC(N3C[C@H]4CC[C@H]4C3)C1)c1cc(-c3cc4ncn(C(C)C)c4c(Nc4ccncc4F)n3)ccc12. The van der Waals surface area contributed by atoms with Crippen LogP contribution in [0.2, 0.25) is 0 Å². The molecule has 2 atom stereocenters. The minimum Gasteiger partial charge on any atom is -0.343 e. The quantitative estimate of drug-likeness (QED) is 0.268. The van der Waals surface area contributed by atoms with Gasteiger partial charge in [0.05, 0.1) is 34.8 Å². The lowest BCUT2D eigenvalue weighted by molar-refractivity contribution is -0.134. The Kier molecular flexibility index (Phi) is 7.09. The molecule has 1 spiro atoms. The number of hydrogen-bond donors (Lipinski definition) is 1. The van der Waals surface area contributed by atoms with Crippen LogP contribution in [0, 0.1) is 17.7 Å². The van der Waals surface area contributed by atoms with Crippen molar-refractivity contribution in [1.29, 1.82) is 0 Å². The molecule has 0 bridgehead atoms. The van der Waals surface area contributed by atoms with Gasteiger partial charge in [0, 0.05) is 68.7 Å². The lowest BCUT2D eigenvalue weighted by atomic mass is 9.73. The number of carbonyl (C=O) groups excluding carboxylic acids is 2. The fourth-order valence-corrected chi connectivity index (χ4v) is 9.25. The highest BCUT2D eigenvalue weighted by Crippen LogP contribution is 2.53. The van der Waals surface area contributed by atoms with Crippen LogP contribution in [0.1, 0.15) is 70.9 Å². The topological polar surface area (TPSA) is 99.5 Å². The first-order valence-electron chi connectivity index (χ1n) is 17.9. The zero-order valence-electron chi connectivity index (χ0n) is 28.4. The number of nitrogens with zero attached hydrogens (tertiary/aromatic N) is 7. The number of benzene rings is 1. The number of fused-ring (bicyclic) bond motifs is 4. The van der Waals surface area contributed by atoms with Crippen molar-refractivity contribution in [3.8, 4) is 11.3 Å². The molecule has 1 aromatic carbocycles. The maximum Gasteiger partial charge on any atom is 0.238 e. The standard InChI is InChI=1S/C38H43FN8O2/c1-22(2)46-21-41-33-17-32(43-36(35(33)46)42-31-8-11-40-18-30(31)39)24-6-7-29-34(14-24)47(37(49)38(29)9-12-44(13-10-38)23(3)48)28-15-27(16-28)45-19-25-4-5-26(25)20-45/h6-8,11,14,17-18,21-22,25-28H,4-5,9-10,12-13,15-16,19-20H2,1-3H3,(H,40,42,43)/t25-,26+,27?,28?. The van der Waals surface area contributed by atoms with E-state index >= 15 is 0 Å². The molecule has 254 valence electrons. The summed E-state index contributed by atoms with van der Waals surface area (Å²) in [5.74, 6) is 2.03. The Hall–Kier alpha value is -4.38. The number of nitrogens with one attached hydrogen (secondary N) is 1. The molecule has 11 heteroatoms. The van der Waals surface area contributed by atoms with E-state index in [0.717, 1.165) is 52.5 Å². The van der Waals surface area contributed by atoms with Crippen LogP contribution in [0.5, 0.6) is 0 Å². The number of imidazole rings is 1. The summed E-state index contributed by atoms with van der Waals surface area (Å²) >= 11 is 0. The van der Waals surface area contributed by atoms with Gasteiger partial charge in [-0.1, -0.05) is 12.1 Å². The summed E-state index contributed by atoms with van der Waals surface area (Å²) in [5.41, 5.74) is 4.80. The van der Waals surface area contributed by atoms with Gasteiger partial charge in [-0.2, -0.15) is 0 Å². The first kappa shape index (κ1) is 30.7. The molecule has 1 N–H and O–H groups in total. The van der Waals surface area contributed by atoms with Crippen LogP contribution in [-0.2, 0) is 15.0 Å². The van der Waals surface area contributed by atoms with Crippen LogP contribution in [0.4, 0.5) is 21.6 Å². The molecular formula is C38H43FN8O2. The zero-order valence-corrected chi connectivity index (χ0v) is 28.4. The van der Waals surface area contributed by atoms with Gasteiger partial charge < -0.3 is 19.7 Å². The van der Waals surface area contributed by atoms with Crippen molar-refractivity contribution in [2.75, 3.05) is 36.4 Å². The van der Waals surface area contributed by atoms with Gasteiger partial charge in [0.1, 0.15) is 5.52 Å². The van der Waals surface area contributed by atoms with Gasteiger partial charge in [-0.15, -0.1) is 0 Å². The third kappa shape index (κ3) is 4.79. The number of anilines is 3. The predicted molar refractivity (Wildman–Crippen MR) is 186 cm³/mol. The van der Waals surface area contributed by atoms with Crippen LogP contribution < -0.4 is 10.2 Å². The van der Waals surface area contributed by atoms with Gasteiger partial charge in [0.2, 0.25) is 11.8 Å². The average molecular weight is 663 g/mol.